The van der Waals surface area contributed by atoms with E-state index in [1.165, 1.54) is 11.1 Å². The van der Waals surface area contributed by atoms with Crippen LogP contribution in [0.2, 0.25) is 0 Å². The average Bonchev–Trinajstić information content (AvgIpc) is 1.89. The minimum Gasteiger partial charge on any atom is -0.0845 e. The molecule has 0 aliphatic carbocycles. The van der Waals surface area contributed by atoms with Crippen LogP contribution in [0.1, 0.15) is 40.5 Å². The van der Waals surface area contributed by atoms with Gasteiger partial charge in [0.15, 0.2) is 0 Å². The molecule has 0 saturated carbocycles. The van der Waals surface area contributed by atoms with E-state index in [0.717, 1.165) is 12.8 Å². The molecule has 0 heteroatoms. The lowest BCUT2D eigenvalue weighted by Gasteiger charge is -1.98. The van der Waals surface area contributed by atoms with E-state index >= 15 is 0 Å². The second-order valence-electron chi connectivity index (χ2n) is 2.69. The number of rotatable bonds is 3. The van der Waals surface area contributed by atoms with Crippen LogP contribution in [0.3, 0.4) is 0 Å². The van der Waals surface area contributed by atoms with Crippen molar-refractivity contribution >= 4 is 0 Å². The van der Waals surface area contributed by atoms with Crippen molar-refractivity contribution in [2.45, 2.75) is 40.5 Å². The molecule has 58 valence electrons. The Morgan fingerprint density at radius 3 is 2.10 bits per heavy atom. The SMILES string of the molecule is CC/C=C\C(CC)=C(C)C. The van der Waals surface area contributed by atoms with Gasteiger partial charge < -0.3 is 0 Å². The predicted molar refractivity (Wildman–Crippen MR) is 48.1 cm³/mol. The highest BCUT2D eigenvalue weighted by Crippen LogP contribution is 2.09. The number of allylic oxidation sites excluding steroid dienone is 4. The van der Waals surface area contributed by atoms with E-state index in [1.807, 2.05) is 0 Å². The van der Waals surface area contributed by atoms with Gasteiger partial charge in [0.1, 0.15) is 0 Å². The third kappa shape index (κ3) is 3.49. The summed E-state index contributed by atoms with van der Waals surface area (Å²) in [6, 6.07) is 0. The molecule has 0 nitrogen and oxygen atoms in total. The molecule has 0 radical (unpaired) electrons. The van der Waals surface area contributed by atoms with Crippen molar-refractivity contribution in [3.63, 3.8) is 0 Å². The molecule has 0 rings (SSSR count). The van der Waals surface area contributed by atoms with Gasteiger partial charge in [-0.15, -0.1) is 0 Å². The van der Waals surface area contributed by atoms with Crippen molar-refractivity contribution < 1.29 is 0 Å². The molecule has 0 amide bonds. The van der Waals surface area contributed by atoms with Crippen LogP contribution >= 0.6 is 0 Å². The van der Waals surface area contributed by atoms with E-state index < -0.39 is 0 Å². The molecular weight excluding hydrogens is 120 g/mol. The minimum absolute atomic E-state index is 1.14. The molecule has 0 N–H and O–H groups in total. The van der Waals surface area contributed by atoms with E-state index in [0.29, 0.717) is 0 Å². The molecule has 0 saturated heterocycles. The van der Waals surface area contributed by atoms with Gasteiger partial charge in [0.05, 0.1) is 0 Å². The monoisotopic (exact) mass is 138 g/mol. The van der Waals surface area contributed by atoms with Gasteiger partial charge in [0.2, 0.25) is 0 Å². The Morgan fingerprint density at radius 2 is 1.80 bits per heavy atom. The summed E-state index contributed by atoms with van der Waals surface area (Å²) in [5, 5.41) is 0. The Labute approximate surface area is 64.6 Å². The van der Waals surface area contributed by atoms with Gasteiger partial charge in [-0.25, -0.2) is 0 Å². The van der Waals surface area contributed by atoms with E-state index in [4.69, 9.17) is 0 Å². The predicted octanol–water partition coefficient (Wildman–Crippen LogP) is 3.70. The van der Waals surface area contributed by atoms with Crippen LogP contribution in [0, 0.1) is 0 Å². The quantitative estimate of drug-likeness (QED) is 0.522. The maximum Gasteiger partial charge on any atom is -0.0308 e. The first-order valence-corrected chi connectivity index (χ1v) is 4.05. The van der Waals surface area contributed by atoms with Crippen LogP contribution in [0.25, 0.3) is 0 Å². The summed E-state index contributed by atoms with van der Waals surface area (Å²) in [6.07, 6.45) is 6.73. The van der Waals surface area contributed by atoms with Crippen LogP contribution < -0.4 is 0 Å². The summed E-state index contributed by atoms with van der Waals surface area (Å²) in [5.74, 6) is 0. The topological polar surface area (TPSA) is 0 Å². The third-order valence-corrected chi connectivity index (χ3v) is 1.58. The Kier molecular flexibility index (Phi) is 5.00. The standard InChI is InChI=1S/C10H18/c1-5-7-8-10(6-2)9(3)4/h7-8H,5-6H2,1-4H3/b8-7-. The highest BCUT2D eigenvalue weighted by atomic mass is 13.9. The van der Waals surface area contributed by atoms with Crippen LogP contribution in [-0.2, 0) is 0 Å². The lowest BCUT2D eigenvalue weighted by Crippen LogP contribution is -1.78. The molecule has 0 aliphatic rings. The molecule has 0 unspecified atom stereocenters. The van der Waals surface area contributed by atoms with E-state index in [2.05, 4.69) is 39.8 Å². The molecule has 0 aliphatic heterocycles. The average molecular weight is 138 g/mol. The van der Waals surface area contributed by atoms with Crippen molar-refractivity contribution in [1.82, 2.24) is 0 Å². The molecular formula is C10H18. The van der Waals surface area contributed by atoms with Crippen LogP contribution in [0.15, 0.2) is 23.3 Å². The molecule has 10 heavy (non-hydrogen) atoms. The molecule has 0 aromatic carbocycles. The third-order valence-electron chi connectivity index (χ3n) is 1.58. The van der Waals surface area contributed by atoms with Gasteiger partial charge in [-0.2, -0.15) is 0 Å². The van der Waals surface area contributed by atoms with Gasteiger partial charge in [0.25, 0.3) is 0 Å². The zero-order valence-electron chi connectivity index (χ0n) is 7.57. The Balaban J connectivity index is 4.10. The fourth-order valence-corrected chi connectivity index (χ4v) is 0.898. The minimum atomic E-state index is 1.14. The summed E-state index contributed by atoms with van der Waals surface area (Å²) >= 11 is 0. The van der Waals surface area contributed by atoms with Gasteiger partial charge >= 0.3 is 0 Å². The second kappa shape index (κ2) is 5.28. The Hall–Kier alpha value is -0.520. The highest BCUT2D eigenvalue weighted by molar-refractivity contribution is 5.22. The highest BCUT2D eigenvalue weighted by Gasteiger charge is 1.88. The van der Waals surface area contributed by atoms with Gasteiger partial charge in [0, 0.05) is 0 Å². The summed E-state index contributed by atoms with van der Waals surface area (Å²) in [7, 11) is 0. The molecule has 0 heterocycles. The summed E-state index contributed by atoms with van der Waals surface area (Å²) in [5.41, 5.74) is 2.91. The molecule has 0 atom stereocenters. The Morgan fingerprint density at radius 1 is 1.20 bits per heavy atom. The summed E-state index contributed by atoms with van der Waals surface area (Å²) < 4.78 is 0. The Bertz CT molecular complexity index is 134. The maximum atomic E-state index is 2.23. The van der Waals surface area contributed by atoms with Crippen LogP contribution in [0.4, 0.5) is 0 Å². The van der Waals surface area contributed by atoms with Crippen molar-refractivity contribution in [3.05, 3.63) is 23.3 Å². The first-order chi connectivity index (χ1) is 4.72. The second-order valence-corrected chi connectivity index (χ2v) is 2.69. The van der Waals surface area contributed by atoms with Crippen LogP contribution in [0.5, 0.6) is 0 Å². The van der Waals surface area contributed by atoms with Gasteiger partial charge in [-0.05, 0) is 32.3 Å². The first-order valence-electron chi connectivity index (χ1n) is 4.05. The zero-order valence-corrected chi connectivity index (χ0v) is 7.57. The maximum absolute atomic E-state index is 2.23. The van der Waals surface area contributed by atoms with Crippen molar-refractivity contribution in [1.29, 1.82) is 0 Å². The fourth-order valence-electron chi connectivity index (χ4n) is 0.898. The lowest BCUT2D eigenvalue weighted by molar-refractivity contribution is 1.09. The van der Waals surface area contributed by atoms with E-state index in [1.54, 1.807) is 0 Å². The molecule has 0 aromatic heterocycles. The van der Waals surface area contributed by atoms with E-state index in [9.17, 15) is 0 Å². The summed E-state index contributed by atoms with van der Waals surface area (Å²) in [6.45, 7) is 8.69. The number of hydrogen-bond acceptors (Lipinski definition) is 0. The van der Waals surface area contributed by atoms with E-state index in [-0.39, 0.29) is 0 Å². The first kappa shape index (κ1) is 9.48. The number of hydrogen-bond donors (Lipinski definition) is 0. The summed E-state index contributed by atoms with van der Waals surface area (Å²) in [4.78, 5) is 0. The molecule has 0 fully saturated rings. The van der Waals surface area contributed by atoms with Crippen LogP contribution in [-0.4, -0.2) is 0 Å². The fraction of sp³-hybridized carbons (Fsp3) is 0.600. The smallest absolute Gasteiger partial charge is 0.0308 e. The zero-order chi connectivity index (χ0) is 7.98. The normalized spacial score (nSPS) is 10.4. The largest absolute Gasteiger partial charge is 0.0845 e. The molecule has 0 spiro atoms. The van der Waals surface area contributed by atoms with Crippen molar-refractivity contribution in [3.8, 4) is 0 Å². The molecule has 0 aromatic rings. The van der Waals surface area contributed by atoms with Crippen molar-refractivity contribution in [2.75, 3.05) is 0 Å². The lowest BCUT2D eigenvalue weighted by atomic mass is 10.1. The van der Waals surface area contributed by atoms with Crippen molar-refractivity contribution in [2.24, 2.45) is 0 Å². The van der Waals surface area contributed by atoms with Gasteiger partial charge in [-0.1, -0.05) is 31.6 Å². The molecule has 0 bridgehead atoms. The van der Waals surface area contributed by atoms with Gasteiger partial charge in [-0.3, -0.25) is 0 Å².